The van der Waals surface area contributed by atoms with E-state index in [1.807, 2.05) is 0 Å². The number of benzene rings is 2. The Balaban J connectivity index is 2.36. The highest BCUT2D eigenvalue weighted by Gasteiger charge is 2.10. The van der Waals surface area contributed by atoms with Crippen molar-refractivity contribution in [1.29, 1.82) is 5.26 Å². The first-order chi connectivity index (χ1) is 11.4. The lowest BCUT2D eigenvalue weighted by molar-refractivity contribution is -0.307. The van der Waals surface area contributed by atoms with Crippen LogP contribution >= 0.6 is 39.1 Å². The molecule has 0 aliphatic carbocycles. The van der Waals surface area contributed by atoms with Gasteiger partial charge in [0.05, 0.1) is 27.1 Å². The van der Waals surface area contributed by atoms with Crippen LogP contribution in [0.5, 0.6) is 5.75 Å². The molecule has 0 aromatic heterocycles. The van der Waals surface area contributed by atoms with Crippen LogP contribution in [0.3, 0.4) is 0 Å². The summed E-state index contributed by atoms with van der Waals surface area (Å²) >= 11 is 15.2. The van der Waals surface area contributed by atoms with Gasteiger partial charge in [-0.25, -0.2) is 0 Å². The lowest BCUT2D eigenvalue weighted by Crippen LogP contribution is -2.29. The van der Waals surface area contributed by atoms with Crippen molar-refractivity contribution in [2.24, 2.45) is 0 Å². The fraction of sp³-hybridized carbons (Fsp3) is 0.0588. The van der Waals surface area contributed by atoms with E-state index in [2.05, 4.69) is 22.0 Å². The summed E-state index contributed by atoms with van der Waals surface area (Å²) in [5, 5.41) is 20.6. The van der Waals surface area contributed by atoms with Crippen LogP contribution in [0.15, 0.2) is 40.9 Å². The normalized spacial score (nSPS) is 11.0. The summed E-state index contributed by atoms with van der Waals surface area (Å²) in [5.41, 5.74) is 1.80. The number of carbonyl (C=O) groups excluding carboxylic acids is 1. The van der Waals surface area contributed by atoms with Gasteiger partial charge in [0.25, 0.3) is 0 Å². The van der Waals surface area contributed by atoms with E-state index in [1.54, 1.807) is 42.5 Å². The van der Waals surface area contributed by atoms with Crippen LogP contribution in [0.4, 0.5) is 0 Å². The van der Waals surface area contributed by atoms with Crippen LogP contribution in [-0.2, 0) is 4.79 Å². The molecule has 0 saturated heterocycles. The maximum atomic E-state index is 10.5. The van der Waals surface area contributed by atoms with Crippen LogP contribution < -0.4 is 9.84 Å². The molecule has 0 radical (unpaired) electrons. The van der Waals surface area contributed by atoms with E-state index in [-0.39, 0.29) is 10.8 Å². The Morgan fingerprint density at radius 2 is 1.96 bits per heavy atom. The van der Waals surface area contributed by atoms with E-state index in [9.17, 15) is 15.2 Å². The first kappa shape index (κ1) is 18.3. The Bertz CT molecular complexity index is 819. The standard InChI is InChI=1S/C17H10BrCl2NO3/c18-14-6-10(7-15(20)17(14)24-9-16(22)23)5-12(8-21)11-1-3-13(19)4-2-11/h1-7H,9H2,(H,22,23)/p-1/b12-5+. The molecule has 4 nitrogen and oxygen atoms in total. The third kappa shape index (κ3) is 4.75. The van der Waals surface area contributed by atoms with Crippen molar-refractivity contribution >= 4 is 56.8 Å². The van der Waals surface area contributed by atoms with Crippen LogP contribution in [0.2, 0.25) is 10.0 Å². The molecule has 122 valence electrons. The summed E-state index contributed by atoms with van der Waals surface area (Å²) in [6.07, 6.45) is 1.66. The summed E-state index contributed by atoms with van der Waals surface area (Å²) in [6, 6.07) is 12.2. The molecular weight excluding hydrogens is 417 g/mol. The van der Waals surface area contributed by atoms with E-state index in [1.165, 1.54) is 0 Å². The van der Waals surface area contributed by atoms with Crippen LogP contribution in [0.25, 0.3) is 11.6 Å². The lowest BCUT2D eigenvalue weighted by atomic mass is 10.0. The molecule has 0 heterocycles. The molecule has 2 aromatic rings. The Morgan fingerprint density at radius 3 is 2.50 bits per heavy atom. The highest BCUT2D eigenvalue weighted by Crippen LogP contribution is 2.35. The number of aliphatic carboxylic acids is 1. The predicted molar refractivity (Wildman–Crippen MR) is 94.6 cm³/mol. The topological polar surface area (TPSA) is 73.1 Å². The van der Waals surface area contributed by atoms with Crippen molar-refractivity contribution in [3.8, 4) is 11.8 Å². The van der Waals surface area contributed by atoms with Gasteiger partial charge in [-0.15, -0.1) is 0 Å². The molecule has 2 rings (SSSR count). The van der Waals surface area contributed by atoms with Crippen molar-refractivity contribution in [2.75, 3.05) is 6.61 Å². The summed E-state index contributed by atoms with van der Waals surface area (Å²) in [4.78, 5) is 10.5. The van der Waals surface area contributed by atoms with Gasteiger partial charge in [-0.1, -0.05) is 35.3 Å². The van der Waals surface area contributed by atoms with Crippen LogP contribution in [-0.4, -0.2) is 12.6 Å². The average molecular weight is 426 g/mol. The number of ether oxygens (including phenoxy) is 1. The molecule has 24 heavy (non-hydrogen) atoms. The van der Waals surface area contributed by atoms with Crippen molar-refractivity contribution in [1.82, 2.24) is 0 Å². The minimum absolute atomic E-state index is 0.197. The molecule has 0 spiro atoms. The zero-order valence-corrected chi connectivity index (χ0v) is 15.2. The maximum absolute atomic E-state index is 10.5. The van der Waals surface area contributed by atoms with E-state index in [4.69, 9.17) is 27.9 Å². The minimum Gasteiger partial charge on any atom is -0.546 e. The van der Waals surface area contributed by atoms with Crippen molar-refractivity contribution in [3.63, 3.8) is 0 Å². The predicted octanol–water partition coefficient (Wildman–Crippen LogP) is 3.95. The number of carboxylic acids is 1. The molecule has 0 atom stereocenters. The molecule has 7 heteroatoms. The number of hydrogen-bond acceptors (Lipinski definition) is 4. The van der Waals surface area contributed by atoms with E-state index < -0.39 is 12.6 Å². The second-order valence-electron chi connectivity index (χ2n) is 4.65. The fourth-order valence-electron chi connectivity index (χ4n) is 1.91. The smallest absolute Gasteiger partial charge is 0.152 e. The fourth-order valence-corrected chi connectivity index (χ4v) is 3.02. The van der Waals surface area contributed by atoms with Gasteiger partial charge in [-0.05, 0) is 57.4 Å². The lowest BCUT2D eigenvalue weighted by Gasteiger charge is -2.11. The molecule has 0 aliphatic rings. The molecule has 0 N–H and O–H groups in total. The van der Waals surface area contributed by atoms with Crippen LogP contribution in [0.1, 0.15) is 11.1 Å². The number of halogens is 3. The first-order valence-electron chi connectivity index (χ1n) is 6.60. The monoisotopic (exact) mass is 424 g/mol. The number of carbonyl (C=O) groups is 1. The van der Waals surface area contributed by atoms with Gasteiger partial charge in [0.15, 0.2) is 5.75 Å². The van der Waals surface area contributed by atoms with E-state index in [0.29, 0.717) is 26.2 Å². The number of rotatable bonds is 5. The van der Waals surface area contributed by atoms with E-state index >= 15 is 0 Å². The second-order valence-corrected chi connectivity index (χ2v) is 6.35. The van der Waals surface area contributed by atoms with E-state index in [0.717, 1.165) is 0 Å². The maximum Gasteiger partial charge on any atom is 0.152 e. The van der Waals surface area contributed by atoms with Crippen LogP contribution in [0, 0.1) is 11.3 Å². The average Bonchev–Trinajstić information content (AvgIpc) is 2.52. The Morgan fingerprint density at radius 1 is 1.29 bits per heavy atom. The number of nitrogens with zero attached hydrogens (tertiary/aromatic N) is 1. The van der Waals surface area contributed by atoms with Gasteiger partial charge in [0.1, 0.15) is 6.61 Å². The number of carboxylic acid groups (broad SMARTS) is 1. The Kier molecular flexibility index (Phi) is 6.27. The van der Waals surface area contributed by atoms with Gasteiger partial charge in [0, 0.05) is 5.02 Å². The highest BCUT2D eigenvalue weighted by molar-refractivity contribution is 9.10. The van der Waals surface area contributed by atoms with Gasteiger partial charge >= 0.3 is 0 Å². The molecule has 0 amide bonds. The molecular formula is C17H9BrCl2NO3-. The largest absolute Gasteiger partial charge is 0.546 e. The van der Waals surface area contributed by atoms with Gasteiger partial charge in [0.2, 0.25) is 0 Å². The zero-order valence-electron chi connectivity index (χ0n) is 12.1. The van der Waals surface area contributed by atoms with Crippen molar-refractivity contribution in [2.45, 2.75) is 0 Å². The zero-order chi connectivity index (χ0) is 17.7. The van der Waals surface area contributed by atoms with Gasteiger partial charge in [-0.3, -0.25) is 0 Å². The SMILES string of the molecule is N#C/C(=C\c1cc(Cl)c(OCC(=O)[O-])c(Br)c1)c1ccc(Cl)cc1. The quantitative estimate of drug-likeness (QED) is 0.537. The summed E-state index contributed by atoms with van der Waals surface area (Å²) in [5.74, 6) is -1.15. The summed E-state index contributed by atoms with van der Waals surface area (Å²) in [7, 11) is 0. The third-order valence-electron chi connectivity index (χ3n) is 2.94. The Labute approximate surface area is 157 Å². The second kappa shape index (κ2) is 8.20. The van der Waals surface area contributed by atoms with Crippen molar-refractivity contribution in [3.05, 3.63) is 62.0 Å². The van der Waals surface area contributed by atoms with Gasteiger partial charge in [-0.2, -0.15) is 5.26 Å². The van der Waals surface area contributed by atoms with Gasteiger partial charge < -0.3 is 14.6 Å². The van der Waals surface area contributed by atoms with Crippen molar-refractivity contribution < 1.29 is 14.6 Å². The number of nitriles is 1. The first-order valence-corrected chi connectivity index (χ1v) is 8.15. The molecule has 2 aromatic carbocycles. The summed E-state index contributed by atoms with van der Waals surface area (Å²) in [6.45, 7) is -0.609. The highest BCUT2D eigenvalue weighted by atomic mass is 79.9. The minimum atomic E-state index is -1.35. The molecule has 0 unspecified atom stereocenters. The molecule has 0 aliphatic heterocycles. The molecule has 0 bridgehead atoms. The number of allylic oxidation sites excluding steroid dienone is 1. The summed E-state index contributed by atoms with van der Waals surface area (Å²) < 4.78 is 5.54. The molecule has 0 saturated carbocycles. The number of hydrogen-bond donors (Lipinski definition) is 0. The third-order valence-corrected chi connectivity index (χ3v) is 4.06. The molecule has 0 fully saturated rings. The Hall–Kier alpha value is -2.00.